The van der Waals surface area contributed by atoms with Gasteiger partial charge in [0.05, 0.1) is 24.3 Å². The average molecular weight is 396 g/mol. The molecule has 9 heteroatoms. The summed E-state index contributed by atoms with van der Waals surface area (Å²) in [6, 6.07) is 8.73. The number of H-pyrrole nitrogens is 1. The van der Waals surface area contributed by atoms with Gasteiger partial charge in [-0.25, -0.2) is 9.78 Å². The summed E-state index contributed by atoms with van der Waals surface area (Å²) in [5.74, 6) is 0.729. The van der Waals surface area contributed by atoms with Gasteiger partial charge in [0.1, 0.15) is 18.4 Å². The third kappa shape index (κ3) is 3.95. The van der Waals surface area contributed by atoms with E-state index in [1.54, 1.807) is 29.2 Å². The molecule has 9 nitrogen and oxygen atoms in total. The van der Waals surface area contributed by atoms with Gasteiger partial charge in [0.25, 0.3) is 0 Å². The molecule has 4 rings (SSSR count). The van der Waals surface area contributed by atoms with E-state index in [4.69, 9.17) is 9.47 Å². The highest BCUT2D eigenvalue weighted by Gasteiger charge is 2.35. The number of carbonyl (C=O) groups excluding carboxylic acids is 1. The molecule has 2 N–H and O–H groups in total. The largest absolute Gasteiger partial charge is 0.491 e. The van der Waals surface area contributed by atoms with Gasteiger partial charge >= 0.3 is 6.03 Å². The van der Waals surface area contributed by atoms with E-state index in [0.29, 0.717) is 25.4 Å². The van der Waals surface area contributed by atoms with E-state index in [9.17, 15) is 4.79 Å². The first-order valence-corrected chi connectivity index (χ1v) is 9.47. The lowest BCUT2D eigenvalue weighted by Gasteiger charge is -2.34. The number of ether oxygens (including phenoxy) is 2. The maximum absolute atomic E-state index is 13.1. The highest BCUT2D eigenvalue weighted by molar-refractivity contribution is 5.90. The molecule has 1 atom stereocenters. The fraction of sp³-hybridized carbons (Fsp3) is 0.350. The van der Waals surface area contributed by atoms with Crippen LogP contribution in [-0.2, 0) is 18.2 Å². The summed E-state index contributed by atoms with van der Waals surface area (Å²) in [6.45, 7) is 1.58. The molecule has 3 aromatic rings. The Balaban J connectivity index is 1.51. The molecule has 0 fully saturated rings. The van der Waals surface area contributed by atoms with Gasteiger partial charge in [-0.1, -0.05) is 0 Å². The van der Waals surface area contributed by atoms with Crippen LogP contribution < -0.4 is 10.1 Å². The number of rotatable bonds is 6. The summed E-state index contributed by atoms with van der Waals surface area (Å²) in [4.78, 5) is 22.6. The number of amides is 2. The topological polar surface area (TPSA) is 97.3 Å². The number of aryl methyl sites for hydroxylation is 1. The van der Waals surface area contributed by atoms with E-state index >= 15 is 0 Å². The molecule has 3 heterocycles. The number of benzene rings is 1. The molecule has 0 saturated carbocycles. The molecule has 1 aliphatic rings. The third-order valence-electron chi connectivity index (χ3n) is 4.99. The normalized spacial score (nSPS) is 15.8. The Morgan fingerprint density at radius 3 is 2.83 bits per heavy atom. The molecule has 29 heavy (non-hydrogen) atoms. The first-order chi connectivity index (χ1) is 14.2. The highest BCUT2D eigenvalue weighted by Crippen LogP contribution is 2.33. The third-order valence-corrected chi connectivity index (χ3v) is 4.99. The van der Waals surface area contributed by atoms with Crippen LogP contribution in [0, 0.1) is 0 Å². The van der Waals surface area contributed by atoms with E-state index < -0.39 is 0 Å². The average Bonchev–Trinajstić information content (AvgIpc) is 3.37. The lowest BCUT2D eigenvalue weighted by molar-refractivity contribution is 0.146. The van der Waals surface area contributed by atoms with Crippen LogP contribution in [-0.4, -0.2) is 57.5 Å². The molecule has 1 unspecified atom stereocenters. The number of methoxy groups -OCH3 is 1. The van der Waals surface area contributed by atoms with Crippen LogP contribution in [0.2, 0.25) is 0 Å². The number of nitrogens with one attached hydrogen (secondary N) is 2. The Hall–Kier alpha value is -3.33. The summed E-state index contributed by atoms with van der Waals surface area (Å²) in [6.07, 6.45) is 4.13. The minimum Gasteiger partial charge on any atom is -0.491 e. The summed E-state index contributed by atoms with van der Waals surface area (Å²) >= 11 is 0. The van der Waals surface area contributed by atoms with Crippen molar-refractivity contribution in [3.63, 3.8) is 0 Å². The Kier molecular flexibility index (Phi) is 5.48. The van der Waals surface area contributed by atoms with Crippen LogP contribution in [0.5, 0.6) is 5.75 Å². The Labute approximate surface area is 168 Å². The summed E-state index contributed by atoms with van der Waals surface area (Å²) < 4.78 is 12.3. The number of aromatic amines is 1. The van der Waals surface area contributed by atoms with Crippen molar-refractivity contribution in [2.45, 2.75) is 12.5 Å². The van der Waals surface area contributed by atoms with Crippen LogP contribution in [0.1, 0.15) is 23.1 Å². The van der Waals surface area contributed by atoms with Crippen LogP contribution >= 0.6 is 0 Å². The maximum atomic E-state index is 13.1. The maximum Gasteiger partial charge on any atom is 0.322 e. The van der Waals surface area contributed by atoms with Crippen LogP contribution in [0.4, 0.5) is 10.5 Å². The smallest absolute Gasteiger partial charge is 0.322 e. The number of nitrogens with zero attached hydrogens (tertiary/aromatic N) is 4. The standard InChI is InChI=1S/C20H24N6O3/c1-25-17(7-9-23-25)19-18-16(21-13-22-18)8-10-26(19)20(27)24-14-3-5-15(6-4-14)29-12-11-28-2/h3-7,9,13,19H,8,10-12H2,1-2H3,(H,21,22)(H,24,27). The summed E-state index contributed by atoms with van der Waals surface area (Å²) in [5.41, 5.74) is 3.52. The van der Waals surface area contributed by atoms with Crippen molar-refractivity contribution in [1.82, 2.24) is 24.6 Å². The van der Waals surface area contributed by atoms with Gasteiger partial charge in [0, 0.05) is 44.7 Å². The molecular formula is C20H24N6O3. The summed E-state index contributed by atoms with van der Waals surface area (Å²) in [7, 11) is 3.50. The van der Waals surface area contributed by atoms with Gasteiger partial charge in [-0.15, -0.1) is 0 Å². The Morgan fingerprint density at radius 1 is 1.28 bits per heavy atom. The number of fused-ring (bicyclic) bond motifs is 1. The van der Waals surface area contributed by atoms with E-state index in [1.807, 2.05) is 37.4 Å². The molecule has 2 amide bonds. The SMILES string of the molecule is COCCOc1ccc(NC(=O)N2CCc3[nH]cnc3C2c2ccnn2C)cc1. The monoisotopic (exact) mass is 396 g/mol. The van der Waals surface area contributed by atoms with Crippen molar-refractivity contribution in [3.8, 4) is 5.75 Å². The molecule has 0 radical (unpaired) electrons. The van der Waals surface area contributed by atoms with Gasteiger partial charge in [-0.3, -0.25) is 4.68 Å². The molecule has 0 spiro atoms. The second-order valence-electron chi connectivity index (χ2n) is 6.79. The second kappa shape index (κ2) is 8.36. The van der Waals surface area contributed by atoms with Gasteiger partial charge in [-0.2, -0.15) is 5.10 Å². The Morgan fingerprint density at radius 2 is 2.10 bits per heavy atom. The molecule has 0 bridgehead atoms. The zero-order chi connectivity index (χ0) is 20.2. The van der Waals surface area contributed by atoms with Crippen molar-refractivity contribution in [1.29, 1.82) is 0 Å². The predicted octanol–water partition coefficient (Wildman–Crippen LogP) is 2.35. The quantitative estimate of drug-likeness (QED) is 0.624. The predicted molar refractivity (Wildman–Crippen MR) is 107 cm³/mol. The second-order valence-corrected chi connectivity index (χ2v) is 6.79. The van der Waals surface area contributed by atoms with E-state index in [-0.39, 0.29) is 12.1 Å². The molecule has 1 aliphatic heterocycles. The van der Waals surface area contributed by atoms with Crippen LogP contribution in [0.15, 0.2) is 42.9 Å². The van der Waals surface area contributed by atoms with Gasteiger partial charge in [0.15, 0.2) is 0 Å². The van der Waals surface area contributed by atoms with Crippen molar-refractivity contribution in [3.05, 3.63) is 59.9 Å². The van der Waals surface area contributed by atoms with E-state index in [0.717, 1.165) is 29.3 Å². The summed E-state index contributed by atoms with van der Waals surface area (Å²) in [5, 5.41) is 7.24. The van der Waals surface area contributed by atoms with E-state index in [2.05, 4.69) is 20.4 Å². The molecular weight excluding hydrogens is 372 g/mol. The first kappa shape index (κ1) is 19.0. The number of urea groups is 1. The Bertz CT molecular complexity index is 965. The lowest BCUT2D eigenvalue weighted by atomic mass is 10.00. The van der Waals surface area contributed by atoms with Crippen molar-refractivity contribution in [2.24, 2.45) is 7.05 Å². The number of aromatic nitrogens is 4. The minimum absolute atomic E-state index is 0.182. The van der Waals surface area contributed by atoms with Crippen molar-refractivity contribution in [2.75, 3.05) is 32.2 Å². The number of imidazole rings is 1. The van der Waals surface area contributed by atoms with Gasteiger partial charge in [0.2, 0.25) is 0 Å². The zero-order valence-corrected chi connectivity index (χ0v) is 16.5. The number of hydrogen-bond acceptors (Lipinski definition) is 5. The van der Waals surface area contributed by atoms with E-state index in [1.165, 1.54) is 0 Å². The van der Waals surface area contributed by atoms with Gasteiger partial charge < -0.3 is 24.7 Å². The number of anilines is 1. The lowest BCUT2D eigenvalue weighted by Crippen LogP contribution is -2.43. The fourth-order valence-electron chi connectivity index (χ4n) is 3.52. The number of hydrogen-bond donors (Lipinski definition) is 2. The molecule has 1 aromatic carbocycles. The molecule has 0 aliphatic carbocycles. The van der Waals surface area contributed by atoms with Crippen LogP contribution in [0.25, 0.3) is 0 Å². The van der Waals surface area contributed by atoms with Crippen LogP contribution in [0.3, 0.4) is 0 Å². The van der Waals surface area contributed by atoms with Crippen molar-refractivity contribution >= 4 is 11.7 Å². The molecule has 0 saturated heterocycles. The fourth-order valence-corrected chi connectivity index (χ4v) is 3.52. The zero-order valence-electron chi connectivity index (χ0n) is 16.5. The van der Waals surface area contributed by atoms with Crippen molar-refractivity contribution < 1.29 is 14.3 Å². The first-order valence-electron chi connectivity index (χ1n) is 9.47. The van der Waals surface area contributed by atoms with Gasteiger partial charge in [-0.05, 0) is 30.3 Å². The highest BCUT2D eigenvalue weighted by atomic mass is 16.5. The number of carbonyl (C=O) groups is 1. The molecule has 2 aromatic heterocycles. The molecule has 152 valence electrons. The minimum atomic E-state index is -0.297.